The van der Waals surface area contributed by atoms with Gasteiger partial charge in [0.2, 0.25) is 0 Å². The first-order valence-corrected chi connectivity index (χ1v) is 9.81. The van der Waals surface area contributed by atoms with Crippen LogP contribution in [0.15, 0.2) is 12.2 Å². The van der Waals surface area contributed by atoms with Gasteiger partial charge in [0, 0.05) is 6.08 Å². The molecule has 0 saturated carbocycles. The number of aliphatic carboxylic acids is 1. The van der Waals surface area contributed by atoms with E-state index in [0.29, 0.717) is 19.3 Å². The van der Waals surface area contributed by atoms with E-state index >= 15 is 0 Å². The fourth-order valence-electron chi connectivity index (χ4n) is 2.87. The third-order valence-corrected chi connectivity index (χ3v) is 4.58. The molecule has 0 saturated heterocycles. The second-order valence-corrected chi connectivity index (χ2v) is 7.02. The highest BCUT2D eigenvalue weighted by Gasteiger charge is 2.22. The van der Waals surface area contributed by atoms with Gasteiger partial charge < -0.3 is 19.7 Å². The van der Waals surface area contributed by atoms with Crippen LogP contribution >= 0.6 is 0 Å². The summed E-state index contributed by atoms with van der Waals surface area (Å²) in [5.74, 6) is -3.20. The molecule has 0 aromatic heterocycles. The van der Waals surface area contributed by atoms with Crippen LogP contribution in [0.1, 0.15) is 71.1 Å². The molecule has 0 aromatic rings. The Morgan fingerprint density at radius 1 is 1.04 bits per heavy atom. The first kappa shape index (κ1) is 23.8. The predicted molar refractivity (Wildman–Crippen MR) is 99.4 cm³/mol. The van der Waals surface area contributed by atoms with E-state index in [2.05, 4.69) is 0 Å². The molecule has 0 radical (unpaired) electrons. The molecule has 28 heavy (non-hydrogen) atoms. The van der Waals surface area contributed by atoms with Gasteiger partial charge in [-0.15, -0.1) is 0 Å². The summed E-state index contributed by atoms with van der Waals surface area (Å²) in [7, 11) is 0. The van der Waals surface area contributed by atoms with Gasteiger partial charge >= 0.3 is 17.9 Å². The van der Waals surface area contributed by atoms with Gasteiger partial charge in [-0.3, -0.25) is 14.4 Å². The van der Waals surface area contributed by atoms with Gasteiger partial charge in [-0.2, -0.15) is 0 Å². The van der Waals surface area contributed by atoms with E-state index in [0.717, 1.165) is 44.3 Å². The molecule has 0 fully saturated rings. The van der Waals surface area contributed by atoms with Crippen molar-refractivity contribution >= 4 is 23.7 Å². The van der Waals surface area contributed by atoms with Crippen LogP contribution in [-0.2, 0) is 28.7 Å². The van der Waals surface area contributed by atoms with Crippen molar-refractivity contribution < 1.29 is 38.9 Å². The molecule has 1 aliphatic rings. The molecule has 0 amide bonds. The summed E-state index contributed by atoms with van der Waals surface area (Å²) in [5, 5.41) is 18.7. The molecule has 1 unspecified atom stereocenters. The lowest BCUT2D eigenvalue weighted by atomic mass is 10.0. The number of aliphatic hydroxyl groups is 1. The normalized spacial score (nSPS) is 26.9. The Balaban J connectivity index is 2.75. The Kier molecular flexibility index (Phi) is 11.1. The van der Waals surface area contributed by atoms with E-state index < -0.39 is 42.0 Å². The van der Waals surface area contributed by atoms with Crippen LogP contribution in [0.5, 0.6) is 0 Å². The summed E-state index contributed by atoms with van der Waals surface area (Å²) < 4.78 is 10.2. The number of cyclic esters (lactones) is 1. The Hall–Kier alpha value is -2.22. The SMILES string of the molecule is C[C@H]1OC(=O)/C=C/C(=O)C(OC(=O)CCC(=O)O)CCCCCCCC[C@@H]1O. The van der Waals surface area contributed by atoms with E-state index in [9.17, 15) is 24.3 Å². The average Bonchev–Trinajstić information content (AvgIpc) is 2.64. The van der Waals surface area contributed by atoms with Gasteiger partial charge in [-0.05, 0) is 32.3 Å². The van der Waals surface area contributed by atoms with Crippen LogP contribution in [0, 0.1) is 0 Å². The van der Waals surface area contributed by atoms with Crippen LogP contribution < -0.4 is 0 Å². The molecular formula is C20H30O8. The average molecular weight is 398 g/mol. The number of rotatable bonds is 4. The molecule has 0 spiro atoms. The Morgan fingerprint density at radius 3 is 2.29 bits per heavy atom. The Morgan fingerprint density at radius 2 is 1.64 bits per heavy atom. The molecule has 2 N–H and O–H groups in total. The van der Waals surface area contributed by atoms with Gasteiger partial charge in [0.1, 0.15) is 6.10 Å². The lowest BCUT2D eigenvalue weighted by Crippen LogP contribution is -2.29. The second kappa shape index (κ2) is 13.0. The number of carbonyl (C=O) groups excluding carboxylic acids is 3. The van der Waals surface area contributed by atoms with E-state index in [1.807, 2.05) is 0 Å². The summed E-state index contributed by atoms with van der Waals surface area (Å²) in [6.45, 7) is 1.59. The van der Waals surface area contributed by atoms with Crippen molar-refractivity contribution in [2.45, 2.75) is 89.4 Å². The van der Waals surface area contributed by atoms with E-state index in [1.54, 1.807) is 6.92 Å². The van der Waals surface area contributed by atoms with E-state index in [-0.39, 0.29) is 12.8 Å². The van der Waals surface area contributed by atoms with E-state index in [4.69, 9.17) is 14.6 Å². The number of esters is 2. The van der Waals surface area contributed by atoms with Crippen molar-refractivity contribution in [2.24, 2.45) is 0 Å². The predicted octanol–water partition coefficient (Wildman–Crippen LogP) is 2.32. The molecule has 3 atom stereocenters. The summed E-state index contributed by atoms with van der Waals surface area (Å²) in [5.41, 5.74) is 0. The van der Waals surface area contributed by atoms with Crippen molar-refractivity contribution in [2.75, 3.05) is 0 Å². The molecule has 1 heterocycles. The molecular weight excluding hydrogens is 368 g/mol. The largest absolute Gasteiger partial charge is 0.481 e. The number of ether oxygens (including phenoxy) is 2. The van der Waals surface area contributed by atoms with Crippen LogP contribution in [0.2, 0.25) is 0 Å². The highest BCUT2D eigenvalue weighted by Crippen LogP contribution is 2.16. The van der Waals surface area contributed by atoms with Gasteiger partial charge in [-0.25, -0.2) is 4.79 Å². The minimum absolute atomic E-state index is 0.312. The minimum atomic E-state index is -1.12. The number of aliphatic hydroxyl groups excluding tert-OH is 1. The lowest BCUT2D eigenvalue weighted by Gasteiger charge is -2.19. The maximum atomic E-state index is 12.3. The zero-order chi connectivity index (χ0) is 20.9. The second-order valence-electron chi connectivity index (χ2n) is 7.02. The third-order valence-electron chi connectivity index (χ3n) is 4.58. The molecule has 158 valence electrons. The van der Waals surface area contributed by atoms with Gasteiger partial charge in [0.05, 0.1) is 18.9 Å². The number of carboxylic acids is 1. The number of hydrogen-bond acceptors (Lipinski definition) is 7. The highest BCUT2D eigenvalue weighted by molar-refractivity contribution is 5.99. The molecule has 8 nitrogen and oxygen atoms in total. The summed E-state index contributed by atoms with van der Waals surface area (Å²) in [6.07, 6.45) is 4.88. The van der Waals surface area contributed by atoms with Crippen molar-refractivity contribution in [3.8, 4) is 0 Å². The number of ketones is 1. The fraction of sp³-hybridized carbons (Fsp3) is 0.700. The van der Waals surface area contributed by atoms with Gasteiger partial charge in [0.25, 0.3) is 0 Å². The zero-order valence-electron chi connectivity index (χ0n) is 16.3. The van der Waals surface area contributed by atoms with Crippen molar-refractivity contribution in [1.82, 2.24) is 0 Å². The minimum Gasteiger partial charge on any atom is -0.481 e. The highest BCUT2D eigenvalue weighted by atomic mass is 16.6. The third kappa shape index (κ3) is 10.2. The van der Waals surface area contributed by atoms with E-state index in [1.165, 1.54) is 0 Å². The number of carbonyl (C=O) groups is 4. The lowest BCUT2D eigenvalue weighted by molar-refractivity contribution is -0.155. The molecule has 0 aliphatic carbocycles. The summed E-state index contributed by atoms with van der Waals surface area (Å²) in [6, 6.07) is 0. The van der Waals surface area contributed by atoms with Gasteiger partial charge in [-0.1, -0.05) is 32.1 Å². The Bertz CT molecular complexity index is 569. The van der Waals surface area contributed by atoms with Crippen molar-refractivity contribution in [3.05, 3.63) is 12.2 Å². The fourth-order valence-corrected chi connectivity index (χ4v) is 2.87. The molecule has 8 heteroatoms. The maximum Gasteiger partial charge on any atom is 0.331 e. The monoisotopic (exact) mass is 398 g/mol. The van der Waals surface area contributed by atoms with Crippen LogP contribution in [-0.4, -0.2) is 52.2 Å². The summed E-state index contributed by atoms with van der Waals surface area (Å²) >= 11 is 0. The number of carboxylic acid groups (broad SMARTS) is 1. The maximum absolute atomic E-state index is 12.3. The molecule has 0 bridgehead atoms. The smallest absolute Gasteiger partial charge is 0.331 e. The first-order valence-electron chi connectivity index (χ1n) is 9.81. The molecule has 1 aliphatic heterocycles. The standard InChI is InChI=1S/C20H30O8/c1-14-15(21)8-6-4-2-3-5-7-9-17(16(22)10-12-19(25)27-14)28-20(26)13-11-18(23)24/h10,12,14-15,17,21H,2-9,11,13H2,1H3,(H,23,24)/b12-10+/t14-,15+,17?/m1/s1. The van der Waals surface area contributed by atoms with Crippen molar-refractivity contribution in [1.29, 1.82) is 0 Å². The van der Waals surface area contributed by atoms with Crippen LogP contribution in [0.4, 0.5) is 0 Å². The summed E-state index contributed by atoms with van der Waals surface area (Å²) in [4.78, 5) is 46.5. The number of hydrogen-bond donors (Lipinski definition) is 2. The topological polar surface area (TPSA) is 127 Å². The van der Waals surface area contributed by atoms with Gasteiger partial charge in [0.15, 0.2) is 11.9 Å². The zero-order valence-corrected chi connectivity index (χ0v) is 16.3. The molecule has 1 rings (SSSR count). The first-order chi connectivity index (χ1) is 13.3. The Labute approximate surface area is 164 Å². The van der Waals surface area contributed by atoms with Crippen LogP contribution in [0.25, 0.3) is 0 Å². The quantitative estimate of drug-likeness (QED) is 0.691. The van der Waals surface area contributed by atoms with Crippen LogP contribution in [0.3, 0.4) is 0 Å². The molecule has 0 aromatic carbocycles. The van der Waals surface area contributed by atoms with Crippen molar-refractivity contribution in [3.63, 3.8) is 0 Å².